The summed E-state index contributed by atoms with van der Waals surface area (Å²) in [5, 5.41) is 3.55. The zero-order chi connectivity index (χ0) is 16.9. The Balaban J connectivity index is 1.98. The van der Waals surface area contributed by atoms with Crippen molar-refractivity contribution in [2.45, 2.75) is 52.1 Å². The molecule has 0 aromatic heterocycles. The maximum absolute atomic E-state index is 11.9. The summed E-state index contributed by atoms with van der Waals surface area (Å²) in [6.45, 7) is 8.55. The highest BCUT2D eigenvalue weighted by Gasteiger charge is 2.24. The first kappa shape index (κ1) is 18.1. The standard InChI is InChI=1S/C17H29N3O2S/c1-4-11-23(21,22)19-17-8-6-7-15(13-17)18-16-9-10-20(5-2)14(3)12-16/h6-8,13-14,16,18-19H,4-5,9-12H2,1-3H3/t14-,16+/m1/s1. The van der Waals surface area contributed by atoms with Crippen molar-refractivity contribution in [2.75, 3.05) is 28.9 Å². The van der Waals surface area contributed by atoms with Crippen LogP contribution < -0.4 is 10.0 Å². The third-order valence-electron chi connectivity index (χ3n) is 4.40. The van der Waals surface area contributed by atoms with Crippen molar-refractivity contribution in [3.63, 3.8) is 0 Å². The van der Waals surface area contributed by atoms with E-state index in [1.54, 1.807) is 6.07 Å². The Morgan fingerprint density at radius 2 is 2.00 bits per heavy atom. The number of sulfonamides is 1. The molecule has 1 aromatic rings. The molecule has 1 aromatic carbocycles. The number of hydrogen-bond donors (Lipinski definition) is 2. The highest BCUT2D eigenvalue weighted by Crippen LogP contribution is 2.23. The summed E-state index contributed by atoms with van der Waals surface area (Å²) < 4.78 is 26.4. The molecule has 0 aliphatic carbocycles. The summed E-state index contributed by atoms with van der Waals surface area (Å²) >= 11 is 0. The molecule has 1 fully saturated rings. The van der Waals surface area contributed by atoms with E-state index in [2.05, 4.69) is 28.8 Å². The predicted molar refractivity (Wildman–Crippen MR) is 97.5 cm³/mol. The molecule has 23 heavy (non-hydrogen) atoms. The first-order valence-corrected chi connectivity index (χ1v) is 10.2. The molecule has 1 aliphatic rings. The lowest BCUT2D eigenvalue weighted by Gasteiger charge is -2.37. The minimum absolute atomic E-state index is 0.150. The van der Waals surface area contributed by atoms with Crippen LogP contribution in [0.5, 0.6) is 0 Å². The Kier molecular flexibility index (Phi) is 6.30. The van der Waals surface area contributed by atoms with E-state index in [4.69, 9.17) is 0 Å². The molecule has 2 N–H and O–H groups in total. The molecule has 1 aliphatic heterocycles. The summed E-state index contributed by atoms with van der Waals surface area (Å²) in [6.07, 6.45) is 2.84. The van der Waals surface area contributed by atoms with Gasteiger partial charge in [0.2, 0.25) is 10.0 Å². The number of benzene rings is 1. The largest absolute Gasteiger partial charge is 0.382 e. The van der Waals surface area contributed by atoms with Gasteiger partial charge in [-0.1, -0.05) is 19.9 Å². The van der Waals surface area contributed by atoms with Crippen LogP contribution in [0.25, 0.3) is 0 Å². The van der Waals surface area contributed by atoms with Gasteiger partial charge in [0.15, 0.2) is 0 Å². The van der Waals surface area contributed by atoms with Crippen molar-refractivity contribution in [2.24, 2.45) is 0 Å². The predicted octanol–water partition coefficient (Wildman–Crippen LogP) is 3.12. The number of nitrogens with zero attached hydrogens (tertiary/aromatic N) is 1. The maximum Gasteiger partial charge on any atom is 0.232 e. The maximum atomic E-state index is 11.9. The highest BCUT2D eigenvalue weighted by molar-refractivity contribution is 7.92. The minimum Gasteiger partial charge on any atom is -0.382 e. The van der Waals surface area contributed by atoms with Crippen molar-refractivity contribution in [3.05, 3.63) is 24.3 Å². The highest BCUT2D eigenvalue weighted by atomic mass is 32.2. The smallest absolute Gasteiger partial charge is 0.232 e. The van der Waals surface area contributed by atoms with E-state index in [0.717, 1.165) is 31.6 Å². The third kappa shape index (κ3) is 5.39. The Bertz CT molecular complexity index is 604. The van der Waals surface area contributed by atoms with Gasteiger partial charge in [-0.05, 0) is 50.9 Å². The Labute approximate surface area is 140 Å². The first-order chi connectivity index (χ1) is 10.9. The fourth-order valence-electron chi connectivity index (χ4n) is 3.23. The fraction of sp³-hybridized carbons (Fsp3) is 0.647. The first-order valence-electron chi connectivity index (χ1n) is 8.54. The molecule has 1 heterocycles. The van der Waals surface area contributed by atoms with Crippen LogP contribution in [0.2, 0.25) is 0 Å². The lowest BCUT2D eigenvalue weighted by molar-refractivity contribution is 0.161. The monoisotopic (exact) mass is 339 g/mol. The van der Waals surface area contributed by atoms with Crippen molar-refractivity contribution < 1.29 is 8.42 Å². The van der Waals surface area contributed by atoms with Crippen LogP contribution in [0.4, 0.5) is 11.4 Å². The SMILES string of the molecule is CCCS(=O)(=O)Nc1cccc(N[C@H]2CCN(CC)[C@H](C)C2)c1. The lowest BCUT2D eigenvalue weighted by Crippen LogP contribution is -2.44. The summed E-state index contributed by atoms with van der Waals surface area (Å²) in [5.74, 6) is 0.150. The number of rotatable bonds is 7. The normalized spacial score (nSPS) is 22.7. The molecule has 0 amide bonds. The van der Waals surface area contributed by atoms with Gasteiger partial charge in [0.1, 0.15) is 0 Å². The van der Waals surface area contributed by atoms with E-state index in [-0.39, 0.29) is 5.75 Å². The Hall–Kier alpha value is -1.27. The van der Waals surface area contributed by atoms with Crippen LogP contribution in [0, 0.1) is 0 Å². The number of likely N-dealkylation sites (tertiary alicyclic amines) is 1. The van der Waals surface area contributed by atoms with Gasteiger partial charge in [0, 0.05) is 24.3 Å². The van der Waals surface area contributed by atoms with Crippen LogP contribution in [0.1, 0.15) is 40.0 Å². The summed E-state index contributed by atoms with van der Waals surface area (Å²) in [4.78, 5) is 2.49. The van der Waals surface area contributed by atoms with Gasteiger partial charge in [0.25, 0.3) is 0 Å². The van der Waals surface area contributed by atoms with Crippen LogP contribution in [0.15, 0.2) is 24.3 Å². The molecule has 0 unspecified atom stereocenters. The van der Waals surface area contributed by atoms with E-state index >= 15 is 0 Å². The molecule has 5 nitrogen and oxygen atoms in total. The van der Waals surface area contributed by atoms with Gasteiger partial charge in [-0.25, -0.2) is 8.42 Å². The van der Waals surface area contributed by atoms with E-state index in [1.807, 2.05) is 25.1 Å². The zero-order valence-corrected chi connectivity index (χ0v) is 15.2. The molecular formula is C17H29N3O2S. The Morgan fingerprint density at radius 3 is 2.65 bits per heavy atom. The number of anilines is 2. The van der Waals surface area contributed by atoms with E-state index < -0.39 is 10.0 Å². The molecular weight excluding hydrogens is 310 g/mol. The van der Waals surface area contributed by atoms with E-state index in [1.165, 1.54) is 0 Å². The second-order valence-electron chi connectivity index (χ2n) is 6.34. The molecule has 2 rings (SSSR count). The number of piperidine rings is 1. The topological polar surface area (TPSA) is 61.4 Å². The van der Waals surface area contributed by atoms with E-state index in [9.17, 15) is 8.42 Å². The van der Waals surface area contributed by atoms with Gasteiger partial charge in [-0.2, -0.15) is 0 Å². The second kappa shape index (κ2) is 8.02. The van der Waals surface area contributed by atoms with E-state index in [0.29, 0.717) is 24.2 Å². The van der Waals surface area contributed by atoms with Gasteiger partial charge in [-0.3, -0.25) is 4.72 Å². The van der Waals surface area contributed by atoms with Crippen molar-refractivity contribution >= 4 is 21.4 Å². The lowest BCUT2D eigenvalue weighted by atomic mass is 9.98. The second-order valence-corrected chi connectivity index (χ2v) is 8.19. The number of hydrogen-bond acceptors (Lipinski definition) is 4. The van der Waals surface area contributed by atoms with Crippen LogP contribution in [-0.2, 0) is 10.0 Å². The van der Waals surface area contributed by atoms with Crippen LogP contribution in [-0.4, -0.2) is 44.2 Å². The van der Waals surface area contributed by atoms with Crippen LogP contribution in [0.3, 0.4) is 0 Å². The van der Waals surface area contributed by atoms with Gasteiger partial charge >= 0.3 is 0 Å². The molecule has 2 atom stereocenters. The Morgan fingerprint density at radius 1 is 1.26 bits per heavy atom. The van der Waals surface area contributed by atoms with Crippen molar-refractivity contribution in [1.82, 2.24) is 4.90 Å². The van der Waals surface area contributed by atoms with Gasteiger partial charge in [0.05, 0.1) is 11.4 Å². The van der Waals surface area contributed by atoms with Crippen molar-refractivity contribution in [3.8, 4) is 0 Å². The summed E-state index contributed by atoms with van der Waals surface area (Å²) in [7, 11) is -3.24. The molecule has 130 valence electrons. The molecule has 6 heteroatoms. The molecule has 0 saturated carbocycles. The van der Waals surface area contributed by atoms with Gasteiger partial charge in [-0.15, -0.1) is 0 Å². The third-order valence-corrected chi connectivity index (χ3v) is 5.89. The summed E-state index contributed by atoms with van der Waals surface area (Å²) in [5.41, 5.74) is 1.60. The van der Waals surface area contributed by atoms with Crippen molar-refractivity contribution in [1.29, 1.82) is 0 Å². The average molecular weight is 340 g/mol. The quantitative estimate of drug-likeness (QED) is 0.801. The molecule has 0 bridgehead atoms. The average Bonchev–Trinajstić information content (AvgIpc) is 2.47. The van der Waals surface area contributed by atoms with Gasteiger partial charge < -0.3 is 10.2 Å². The molecule has 0 radical (unpaired) electrons. The summed E-state index contributed by atoms with van der Waals surface area (Å²) in [6, 6.07) is 8.57. The fourth-order valence-corrected chi connectivity index (χ4v) is 4.35. The molecule has 1 saturated heterocycles. The molecule has 0 spiro atoms. The van der Waals surface area contributed by atoms with Crippen LogP contribution >= 0.6 is 0 Å². The number of nitrogens with one attached hydrogen (secondary N) is 2. The zero-order valence-electron chi connectivity index (χ0n) is 14.4. The minimum atomic E-state index is -3.24.